The summed E-state index contributed by atoms with van der Waals surface area (Å²) >= 11 is 0. The fraction of sp³-hybridized carbons (Fsp3) is 0.333. The van der Waals surface area contributed by atoms with E-state index in [1.807, 2.05) is 45.1 Å². The first-order valence-electron chi connectivity index (χ1n) is 5.74. The zero-order chi connectivity index (χ0) is 11.7. The van der Waals surface area contributed by atoms with Crippen LogP contribution in [-0.2, 0) is 0 Å². The molecule has 2 aliphatic heterocycles. The van der Waals surface area contributed by atoms with Gasteiger partial charge in [-0.15, -0.1) is 0 Å². The average Bonchev–Trinajstić information content (AvgIpc) is 2.97. The Balaban J connectivity index is 0.000000457. The van der Waals surface area contributed by atoms with Gasteiger partial charge in [0.05, 0.1) is 0 Å². The summed E-state index contributed by atoms with van der Waals surface area (Å²) in [5.41, 5.74) is 3.15. The summed E-state index contributed by atoms with van der Waals surface area (Å²) in [4.78, 5) is 1.77. The van der Waals surface area contributed by atoms with E-state index in [2.05, 4.69) is 0 Å². The van der Waals surface area contributed by atoms with Gasteiger partial charge in [0.1, 0.15) is 0 Å². The number of rotatable bonds is 0. The average molecular weight is 218 g/mol. The maximum atomic E-state index is 14.0. The molecule has 0 radical (unpaired) electrons. The van der Waals surface area contributed by atoms with Gasteiger partial charge < -0.3 is 9.29 Å². The van der Waals surface area contributed by atoms with Crippen molar-refractivity contribution < 1.29 is 4.32 Å². The van der Waals surface area contributed by atoms with Crippen LogP contribution in [0.2, 0.25) is 0 Å². The zero-order valence-corrected chi connectivity index (χ0v) is 9.94. The van der Waals surface area contributed by atoms with E-state index >= 15 is 0 Å². The van der Waals surface area contributed by atoms with Crippen LogP contribution in [0.5, 0.6) is 0 Å². The monoisotopic (exact) mass is 218 g/mol. The number of allylic oxidation sites excluding steroid dienone is 2. The van der Waals surface area contributed by atoms with E-state index in [1.54, 1.807) is 15.5 Å². The summed E-state index contributed by atoms with van der Waals surface area (Å²) in [6, 6.07) is 3.84. The number of fused-ring (bicyclic) bond motifs is 2. The van der Waals surface area contributed by atoms with Gasteiger partial charge in [-0.05, 0) is 36.9 Å². The highest BCUT2D eigenvalue weighted by Gasteiger charge is 2.36. The lowest BCUT2D eigenvalue weighted by molar-refractivity contribution is 0.532. The topological polar surface area (TPSA) is 8.17 Å². The van der Waals surface area contributed by atoms with Crippen molar-refractivity contribution in [1.29, 1.82) is 0 Å². The van der Waals surface area contributed by atoms with Crippen LogP contribution in [0.15, 0.2) is 36.2 Å². The molecule has 4 heteroatoms. The molecule has 0 amide bonds. The smallest absolute Gasteiger partial charge is 0.363 e. The van der Waals surface area contributed by atoms with E-state index in [4.69, 9.17) is 0 Å². The Morgan fingerprint density at radius 2 is 2.12 bits per heavy atom. The van der Waals surface area contributed by atoms with Crippen molar-refractivity contribution >= 4 is 12.8 Å². The van der Waals surface area contributed by atoms with E-state index in [0.29, 0.717) is 6.54 Å². The molecule has 16 heavy (non-hydrogen) atoms. The van der Waals surface area contributed by atoms with Gasteiger partial charge in [0.2, 0.25) is 0 Å². The minimum absolute atomic E-state index is 0.672. The molecule has 0 aromatic carbocycles. The second-order valence-corrected chi connectivity index (χ2v) is 3.68. The molecule has 3 heterocycles. The largest absolute Gasteiger partial charge is 0.592 e. The molecular weight excluding hydrogens is 202 g/mol. The molecule has 2 aliphatic rings. The molecule has 0 fully saturated rings. The summed E-state index contributed by atoms with van der Waals surface area (Å²) in [5.74, 6) is 0. The molecule has 0 bridgehead atoms. The number of hydrogen-bond acceptors (Lipinski definition) is 1. The van der Waals surface area contributed by atoms with Crippen LogP contribution in [0, 0.1) is 0 Å². The predicted molar refractivity (Wildman–Crippen MR) is 66.5 cm³/mol. The Hall–Kier alpha value is -1.45. The molecule has 84 valence electrons. The molecule has 0 spiro atoms. The highest BCUT2D eigenvalue weighted by molar-refractivity contribution is 6.48. The maximum Gasteiger partial charge on any atom is 0.592 e. The fourth-order valence-corrected chi connectivity index (χ4v) is 2.19. The molecule has 3 rings (SSSR count). The van der Waals surface area contributed by atoms with Gasteiger partial charge in [0.15, 0.2) is 0 Å². The first kappa shape index (κ1) is 11.1. The quantitative estimate of drug-likeness (QED) is 0.608. The lowest BCUT2D eigenvalue weighted by atomic mass is 9.93. The van der Waals surface area contributed by atoms with Crippen LogP contribution in [0.3, 0.4) is 0 Å². The van der Waals surface area contributed by atoms with E-state index in [0.717, 1.165) is 17.0 Å². The predicted octanol–water partition coefficient (Wildman–Crippen LogP) is 2.93. The van der Waals surface area contributed by atoms with Crippen molar-refractivity contribution in [3.05, 3.63) is 41.9 Å². The van der Waals surface area contributed by atoms with Crippen LogP contribution in [0.1, 0.15) is 26.5 Å². The summed E-state index contributed by atoms with van der Waals surface area (Å²) in [6.45, 7) is 6.71. The molecule has 1 aromatic rings. The first-order valence-corrected chi connectivity index (χ1v) is 5.74. The Labute approximate surface area is 96.2 Å². The standard InChI is InChI=1S/C10H10BFN2.C2H6/c1-8-9-4-2-6-13(9)11(12)14-7-3-5-10(8)14;1-2/h2-6H,7H2,1H3;1-2H3. The van der Waals surface area contributed by atoms with Gasteiger partial charge in [-0.1, -0.05) is 19.9 Å². The molecule has 2 nitrogen and oxygen atoms in total. The third-order valence-corrected chi connectivity index (χ3v) is 2.92. The summed E-state index contributed by atoms with van der Waals surface area (Å²) < 4.78 is 15.6. The Morgan fingerprint density at radius 3 is 2.88 bits per heavy atom. The van der Waals surface area contributed by atoms with Gasteiger partial charge in [0.25, 0.3) is 0 Å². The van der Waals surface area contributed by atoms with Crippen molar-refractivity contribution in [2.75, 3.05) is 6.54 Å². The van der Waals surface area contributed by atoms with Crippen LogP contribution in [0.25, 0.3) is 5.57 Å². The third kappa shape index (κ3) is 1.40. The zero-order valence-electron chi connectivity index (χ0n) is 9.94. The van der Waals surface area contributed by atoms with E-state index in [-0.39, 0.29) is 0 Å². The molecule has 0 unspecified atom stereocenters. The number of nitrogens with zero attached hydrogens (tertiary/aromatic N) is 2. The Kier molecular flexibility index (Phi) is 2.90. The molecule has 0 aliphatic carbocycles. The highest BCUT2D eigenvalue weighted by Crippen LogP contribution is 2.31. The van der Waals surface area contributed by atoms with Gasteiger partial charge in [0, 0.05) is 17.9 Å². The number of aromatic nitrogens is 1. The summed E-state index contributed by atoms with van der Waals surface area (Å²) in [7, 11) is -1.05. The van der Waals surface area contributed by atoms with Crippen LogP contribution < -0.4 is 0 Å². The van der Waals surface area contributed by atoms with Gasteiger partial charge in [-0.3, -0.25) is 4.32 Å². The van der Waals surface area contributed by atoms with Crippen molar-refractivity contribution in [2.24, 2.45) is 0 Å². The SMILES string of the molecule is CC.CC1=C2C=CCN2B(F)n2cccc21. The molecular formula is C12H16BFN2. The van der Waals surface area contributed by atoms with Crippen molar-refractivity contribution in [2.45, 2.75) is 20.8 Å². The minimum atomic E-state index is -1.05. The van der Waals surface area contributed by atoms with E-state index in [1.165, 1.54) is 0 Å². The van der Waals surface area contributed by atoms with Gasteiger partial charge in [-0.2, -0.15) is 0 Å². The molecule has 0 saturated carbocycles. The van der Waals surface area contributed by atoms with Crippen molar-refractivity contribution in [1.82, 2.24) is 9.29 Å². The van der Waals surface area contributed by atoms with Crippen molar-refractivity contribution in [3.8, 4) is 0 Å². The van der Waals surface area contributed by atoms with Gasteiger partial charge >= 0.3 is 7.26 Å². The van der Waals surface area contributed by atoms with Gasteiger partial charge in [-0.25, -0.2) is 0 Å². The first-order chi connectivity index (χ1) is 7.79. The Bertz CT molecular complexity index is 448. The summed E-state index contributed by atoms with van der Waals surface area (Å²) in [6.07, 6.45) is 5.79. The van der Waals surface area contributed by atoms with Crippen LogP contribution >= 0.6 is 0 Å². The molecule has 1 aromatic heterocycles. The van der Waals surface area contributed by atoms with Crippen molar-refractivity contribution in [3.63, 3.8) is 0 Å². The second kappa shape index (κ2) is 4.20. The molecule has 0 saturated heterocycles. The lowest BCUT2D eigenvalue weighted by Crippen LogP contribution is -2.42. The number of hydrogen-bond donors (Lipinski definition) is 0. The third-order valence-electron chi connectivity index (χ3n) is 2.92. The Morgan fingerprint density at radius 1 is 1.38 bits per heavy atom. The van der Waals surface area contributed by atoms with Crippen LogP contribution in [0.4, 0.5) is 4.32 Å². The second-order valence-electron chi connectivity index (χ2n) is 3.68. The van der Waals surface area contributed by atoms with E-state index < -0.39 is 7.26 Å². The summed E-state index contributed by atoms with van der Waals surface area (Å²) in [5, 5.41) is 0. The number of halogens is 1. The lowest BCUT2D eigenvalue weighted by Gasteiger charge is -2.29. The van der Waals surface area contributed by atoms with E-state index in [9.17, 15) is 4.32 Å². The minimum Gasteiger partial charge on any atom is -0.363 e. The molecule has 0 atom stereocenters. The fourth-order valence-electron chi connectivity index (χ4n) is 2.19. The molecule has 0 N–H and O–H groups in total. The maximum absolute atomic E-state index is 14.0. The van der Waals surface area contributed by atoms with Crippen LogP contribution in [-0.4, -0.2) is 23.1 Å². The normalized spacial score (nSPS) is 17.0. The highest BCUT2D eigenvalue weighted by atomic mass is 19.1.